The smallest absolute Gasteiger partial charge is 0.407 e. The van der Waals surface area contributed by atoms with Crippen LogP contribution >= 0.6 is 0 Å². The lowest BCUT2D eigenvalue weighted by Crippen LogP contribution is -2.56. The van der Waals surface area contributed by atoms with Gasteiger partial charge in [0.1, 0.15) is 34.8 Å². The summed E-state index contributed by atoms with van der Waals surface area (Å²) in [5.41, 5.74) is 8.34. The first-order chi connectivity index (χ1) is 29.8. The van der Waals surface area contributed by atoms with Gasteiger partial charge in [0.25, 0.3) is 0 Å². The number of piperidine rings is 2. The first-order valence-electron chi connectivity index (χ1n) is 22.7. The van der Waals surface area contributed by atoms with Gasteiger partial charge in [-0.1, -0.05) is 64.1 Å². The zero-order valence-electron chi connectivity index (χ0n) is 37.1. The van der Waals surface area contributed by atoms with Gasteiger partial charge in [-0.25, -0.2) is 14.8 Å². The van der Waals surface area contributed by atoms with Crippen LogP contribution in [0.4, 0.5) is 4.79 Å². The van der Waals surface area contributed by atoms with Crippen LogP contribution in [0.1, 0.15) is 102 Å². The van der Waals surface area contributed by atoms with Crippen LogP contribution in [-0.2, 0) is 43.0 Å². The van der Waals surface area contributed by atoms with Crippen molar-refractivity contribution in [2.45, 2.75) is 115 Å². The van der Waals surface area contributed by atoms with Gasteiger partial charge < -0.3 is 39.9 Å². The Kier molecular flexibility index (Phi) is 11.0. The van der Waals surface area contributed by atoms with Crippen molar-refractivity contribution in [1.82, 2.24) is 40.4 Å². The maximum Gasteiger partial charge on any atom is 0.407 e. The number of imidazole rings is 2. The number of alkyl carbamates (subject to hydrolysis) is 1. The zero-order chi connectivity index (χ0) is 43.5. The second-order valence-corrected chi connectivity index (χ2v) is 19.2. The summed E-state index contributed by atoms with van der Waals surface area (Å²) in [5, 5.41) is 6.01. The van der Waals surface area contributed by atoms with Gasteiger partial charge in [0, 0.05) is 18.7 Å². The number of amides is 3. The van der Waals surface area contributed by atoms with Gasteiger partial charge in [-0.05, 0) is 122 Å². The van der Waals surface area contributed by atoms with Gasteiger partial charge >= 0.3 is 6.09 Å². The van der Waals surface area contributed by atoms with Crippen molar-refractivity contribution in [3.8, 4) is 33.6 Å². The number of benzene rings is 2. The molecular weight excluding hydrogens is 781 g/mol. The molecule has 4 bridgehead atoms. The van der Waals surface area contributed by atoms with Crippen LogP contribution in [0.2, 0.25) is 0 Å². The van der Waals surface area contributed by atoms with Crippen molar-refractivity contribution in [2.75, 3.05) is 27.3 Å². The van der Waals surface area contributed by atoms with Crippen LogP contribution in [0.25, 0.3) is 33.6 Å². The number of aromatic amines is 2. The maximum atomic E-state index is 14.1. The number of nitrogens with zero attached hydrogens (tertiary/aromatic N) is 4. The Hall–Kier alpha value is -5.59. The van der Waals surface area contributed by atoms with E-state index >= 15 is 0 Å². The molecule has 2 aromatic heterocycles. The molecule has 2 aromatic carbocycles. The highest BCUT2D eigenvalue weighted by Gasteiger charge is 2.58. The fraction of sp³-hybridized carbons (Fsp3) is 0.531. The minimum Gasteiger partial charge on any atom is -0.483 e. The largest absolute Gasteiger partial charge is 0.483 e. The van der Waals surface area contributed by atoms with Gasteiger partial charge in [-0.3, -0.25) is 9.59 Å². The summed E-state index contributed by atoms with van der Waals surface area (Å²) in [6, 6.07) is 12.2. The zero-order valence-corrected chi connectivity index (χ0v) is 37.1. The molecule has 13 nitrogen and oxygen atoms in total. The molecule has 0 unspecified atom stereocenters. The van der Waals surface area contributed by atoms with E-state index in [9.17, 15) is 14.4 Å². The first kappa shape index (κ1) is 41.7. The summed E-state index contributed by atoms with van der Waals surface area (Å²) in [6.45, 7) is 13.3. The third kappa shape index (κ3) is 7.05. The Bertz CT molecular complexity index is 2370. The topological polar surface area (TPSA) is 158 Å². The number of hydrogen-bond acceptors (Lipinski definition) is 8. The third-order valence-corrected chi connectivity index (χ3v) is 14.9. The molecule has 3 aliphatic carbocycles. The molecule has 2 saturated heterocycles. The second-order valence-electron chi connectivity index (χ2n) is 19.2. The molecule has 6 atom stereocenters. The molecule has 5 aliphatic rings. The maximum absolute atomic E-state index is 14.1. The molecule has 4 N–H and O–H groups in total. The molecule has 3 amide bonds. The number of hydrogen-bond donors (Lipinski definition) is 4. The highest BCUT2D eigenvalue weighted by Crippen LogP contribution is 2.54. The van der Waals surface area contributed by atoms with Crippen molar-refractivity contribution >= 4 is 17.9 Å². The average molecular weight is 843 g/mol. The number of likely N-dealkylation sites (tertiary alicyclic amines) is 2. The molecule has 328 valence electrons. The number of carbonyl (C=O) groups excluding carboxylic acids is 3. The van der Waals surface area contributed by atoms with Crippen LogP contribution in [0.15, 0.2) is 61.3 Å². The predicted molar refractivity (Wildman–Crippen MR) is 237 cm³/mol. The van der Waals surface area contributed by atoms with Crippen molar-refractivity contribution in [3.05, 3.63) is 84.0 Å². The summed E-state index contributed by atoms with van der Waals surface area (Å²) in [7, 11) is 2.88. The number of fused-ring (bicyclic) bond motifs is 5. The molecule has 0 spiro atoms. The number of H-pyrrole nitrogens is 2. The molecule has 13 heteroatoms. The van der Waals surface area contributed by atoms with E-state index in [1.54, 1.807) is 7.11 Å². The Balaban J connectivity index is 0.958. The number of rotatable bonds is 13. The number of methoxy groups -OCH3 is 2. The van der Waals surface area contributed by atoms with Gasteiger partial charge in [-0.15, -0.1) is 0 Å². The van der Waals surface area contributed by atoms with E-state index in [-0.39, 0.29) is 23.7 Å². The molecule has 4 heterocycles. The number of aromatic nitrogens is 4. The van der Waals surface area contributed by atoms with Crippen LogP contribution in [0, 0.1) is 23.7 Å². The first-order valence-corrected chi connectivity index (χ1v) is 22.7. The quantitative estimate of drug-likeness (QED) is 0.0994. The van der Waals surface area contributed by atoms with Crippen molar-refractivity contribution < 1.29 is 23.9 Å². The van der Waals surface area contributed by atoms with E-state index in [1.807, 2.05) is 45.0 Å². The lowest BCUT2D eigenvalue weighted by molar-refractivity contribution is -0.141. The Labute approximate surface area is 364 Å². The molecular formula is C49H62N8O5. The van der Waals surface area contributed by atoms with Gasteiger partial charge in [0.15, 0.2) is 5.88 Å². The van der Waals surface area contributed by atoms with Gasteiger partial charge in [-0.2, -0.15) is 0 Å². The number of nitrogens with one attached hydrogen (secondary N) is 4. The average Bonchev–Trinajstić information content (AvgIpc) is 4.16. The van der Waals surface area contributed by atoms with E-state index in [4.69, 9.17) is 19.4 Å². The Morgan fingerprint density at radius 2 is 1.21 bits per heavy atom. The third-order valence-electron chi connectivity index (χ3n) is 14.9. The van der Waals surface area contributed by atoms with E-state index < -0.39 is 29.3 Å². The lowest BCUT2D eigenvalue weighted by Gasteiger charge is -2.40. The molecule has 0 radical (unpaired) electrons. The van der Waals surface area contributed by atoms with Crippen LogP contribution < -0.4 is 10.6 Å². The standard InChI is InChI=1S/C49H62N8O5/c1-28(2)41(52-30(5)61-6)43(58)56-26-31-18-20-48(56,22-31)45-50-24-39(53-45)34-14-12-33(13-15-34)35-16-17-38(37-11-9-8-10-36(35)37)40-25-51-46(54-40)49-21-19-32(23-49)27-57(49)44(59)42(29(3)4)55-47(60)62-7/h12-17,24-25,28-29,31-32,41-42,52H,5,8-11,18-23,26-27H2,1-4,6-7H3,(H,50,53)(H,51,54)(H,55,60)/t31-,32-,41-,42-,48-,49-/m0/s1. The monoisotopic (exact) mass is 842 g/mol. The molecule has 4 fully saturated rings. The Morgan fingerprint density at radius 3 is 1.74 bits per heavy atom. The van der Waals surface area contributed by atoms with Crippen molar-refractivity contribution in [3.63, 3.8) is 0 Å². The summed E-state index contributed by atoms with van der Waals surface area (Å²) in [4.78, 5) is 61.9. The molecule has 4 aromatic rings. The summed E-state index contributed by atoms with van der Waals surface area (Å²) >= 11 is 0. The van der Waals surface area contributed by atoms with Crippen molar-refractivity contribution in [1.29, 1.82) is 0 Å². The predicted octanol–water partition coefficient (Wildman–Crippen LogP) is 7.80. The lowest BCUT2D eigenvalue weighted by atomic mass is 9.82. The summed E-state index contributed by atoms with van der Waals surface area (Å²) < 4.78 is 10.2. The van der Waals surface area contributed by atoms with E-state index in [1.165, 1.54) is 34.9 Å². The number of carbonyl (C=O) groups is 3. The summed E-state index contributed by atoms with van der Waals surface area (Å²) in [6.07, 6.45) is 13.2. The van der Waals surface area contributed by atoms with Crippen molar-refractivity contribution in [2.24, 2.45) is 23.7 Å². The SMILES string of the molecule is C=C(N[C@H](C(=O)N1C[C@H]2CC[C@@]1(c1ncc(-c3ccc(-c4ccc(-c5cnc([C@@]67CC[C@H](CN6C(=O)[C@@H](NC(=O)OC)C(C)C)C7)[nH]5)c5c4CCCC5)cc3)[nH]1)C2)C(C)C)OC. The Morgan fingerprint density at radius 1 is 0.710 bits per heavy atom. The van der Waals surface area contributed by atoms with Crippen LogP contribution in [0.3, 0.4) is 0 Å². The molecule has 9 rings (SSSR count). The minimum absolute atomic E-state index is 0.0562. The highest BCUT2D eigenvalue weighted by atomic mass is 16.5. The fourth-order valence-corrected chi connectivity index (χ4v) is 11.6. The number of ether oxygens (including phenoxy) is 2. The van der Waals surface area contributed by atoms with E-state index in [0.717, 1.165) is 99.4 Å². The molecule has 62 heavy (non-hydrogen) atoms. The highest BCUT2D eigenvalue weighted by molar-refractivity contribution is 5.87. The second kappa shape index (κ2) is 16.3. The van der Waals surface area contributed by atoms with E-state index in [2.05, 4.69) is 68.5 Å². The summed E-state index contributed by atoms with van der Waals surface area (Å²) in [5.74, 6) is 2.90. The molecule has 2 aliphatic heterocycles. The van der Waals surface area contributed by atoms with Crippen LogP contribution in [-0.4, -0.2) is 87.0 Å². The van der Waals surface area contributed by atoms with Crippen LogP contribution in [0.5, 0.6) is 0 Å². The molecule has 2 saturated carbocycles. The normalized spacial score (nSPS) is 24.6. The fourth-order valence-electron chi connectivity index (χ4n) is 11.6. The minimum atomic E-state index is -0.678. The van der Waals surface area contributed by atoms with Gasteiger partial charge in [0.2, 0.25) is 11.8 Å². The van der Waals surface area contributed by atoms with Gasteiger partial charge in [0.05, 0.1) is 38.0 Å². The van der Waals surface area contributed by atoms with E-state index in [0.29, 0.717) is 24.3 Å².